The van der Waals surface area contributed by atoms with Crippen LogP contribution in [-0.2, 0) is 30.6 Å². The van der Waals surface area contributed by atoms with E-state index in [0.717, 1.165) is 71.0 Å². The summed E-state index contributed by atoms with van der Waals surface area (Å²) in [7, 11) is 3.31. The second-order valence-electron chi connectivity index (χ2n) is 11.0. The monoisotopic (exact) mass is 578 g/mol. The molecular formula is C34H38N6O3. The van der Waals surface area contributed by atoms with Crippen LogP contribution in [0.1, 0.15) is 47.2 Å². The number of hydrogen-bond acceptors (Lipinski definition) is 6. The number of hydrogen-bond donors (Lipinski definition) is 3. The maximum atomic E-state index is 13.5. The Hall–Kier alpha value is -4.63. The van der Waals surface area contributed by atoms with Crippen LogP contribution in [-0.4, -0.2) is 52.5 Å². The highest BCUT2D eigenvalue weighted by atomic mass is 16.5. The maximum absolute atomic E-state index is 13.5. The molecule has 222 valence electrons. The first-order valence-corrected chi connectivity index (χ1v) is 14.9. The van der Waals surface area contributed by atoms with Gasteiger partial charge < -0.3 is 29.7 Å². The van der Waals surface area contributed by atoms with Gasteiger partial charge in [0.1, 0.15) is 17.3 Å². The summed E-state index contributed by atoms with van der Waals surface area (Å²) in [6.07, 6.45) is 5.93. The zero-order valence-electron chi connectivity index (χ0n) is 24.7. The molecule has 0 bridgehead atoms. The summed E-state index contributed by atoms with van der Waals surface area (Å²) in [6, 6.07) is 23.9. The van der Waals surface area contributed by atoms with Crippen molar-refractivity contribution >= 4 is 16.8 Å². The summed E-state index contributed by atoms with van der Waals surface area (Å²) in [4.78, 5) is 16.9. The molecule has 3 heterocycles. The van der Waals surface area contributed by atoms with Gasteiger partial charge in [0, 0.05) is 41.6 Å². The standard InChI is InChI=1S/C34H38N6O3/c1-42-26-16-15-24(31(20-26)43-2)22-40-32(17-14-23-9-4-3-5-10-23)38-39-33(40)30(37-34(41)29-13-8-18-35-29)19-25-21-36-28-12-7-6-11-27(25)28/h3-7,9-12,15-16,20-21,29-30,35-36H,8,13-14,17-19,22H2,1-2H3,(H,37,41)/t29?,30-/m1/s1. The van der Waals surface area contributed by atoms with Crippen LogP contribution in [0.4, 0.5) is 0 Å². The predicted molar refractivity (Wildman–Crippen MR) is 166 cm³/mol. The van der Waals surface area contributed by atoms with Gasteiger partial charge in [-0.15, -0.1) is 10.2 Å². The van der Waals surface area contributed by atoms with E-state index in [1.807, 2.05) is 42.6 Å². The van der Waals surface area contributed by atoms with Crippen LogP contribution < -0.4 is 20.1 Å². The van der Waals surface area contributed by atoms with E-state index in [9.17, 15) is 4.79 Å². The van der Waals surface area contributed by atoms with Crippen molar-refractivity contribution in [2.24, 2.45) is 0 Å². The molecular weight excluding hydrogens is 540 g/mol. The van der Waals surface area contributed by atoms with E-state index < -0.39 is 6.04 Å². The highest BCUT2D eigenvalue weighted by Crippen LogP contribution is 2.29. The molecule has 0 saturated carbocycles. The van der Waals surface area contributed by atoms with Crippen molar-refractivity contribution in [2.75, 3.05) is 20.8 Å². The van der Waals surface area contributed by atoms with E-state index in [4.69, 9.17) is 19.7 Å². The number of nitrogens with one attached hydrogen (secondary N) is 3. The number of fused-ring (bicyclic) bond motifs is 1. The first-order valence-electron chi connectivity index (χ1n) is 14.9. The molecule has 2 aromatic heterocycles. The molecule has 1 aliphatic heterocycles. The summed E-state index contributed by atoms with van der Waals surface area (Å²) in [5.74, 6) is 3.01. The van der Waals surface area contributed by atoms with Gasteiger partial charge in [-0.2, -0.15) is 0 Å². The Morgan fingerprint density at radius 2 is 1.84 bits per heavy atom. The highest BCUT2D eigenvalue weighted by Gasteiger charge is 2.29. The van der Waals surface area contributed by atoms with Gasteiger partial charge in [-0.1, -0.05) is 48.5 Å². The number of H-pyrrole nitrogens is 1. The van der Waals surface area contributed by atoms with Crippen molar-refractivity contribution in [1.29, 1.82) is 0 Å². The second-order valence-corrected chi connectivity index (χ2v) is 11.0. The maximum Gasteiger partial charge on any atom is 0.237 e. The second kappa shape index (κ2) is 13.1. The van der Waals surface area contributed by atoms with Gasteiger partial charge in [0.05, 0.1) is 32.8 Å². The molecule has 0 spiro atoms. The van der Waals surface area contributed by atoms with E-state index in [0.29, 0.717) is 19.4 Å². The summed E-state index contributed by atoms with van der Waals surface area (Å²) in [5.41, 5.74) is 4.38. The normalized spacial score (nSPS) is 15.4. The third-order valence-corrected chi connectivity index (χ3v) is 8.26. The molecule has 9 nitrogen and oxygen atoms in total. The van der Waals surface area contributed by atoms with E-state index in [-0.39, 0.29) is 11.9 Å². The number of aromatic amines is 1. The average molecular weight is 579 g/mol. The number of carbonyl (C=O) groups excluding carboxylic acids is 1. The molecule has 9 heteroatoms. The van der Waals surface area contributed by atoms with Crippen molar-refractivity contribution in [1.82, 2.24) is 30.4 Å². The Kier molecular flexibility index (Phi) is 8.70. The van der Waals surface area contributed by atoms with Gasteiger partial charge in [0.25, 0.3) is 0 Å². The van der Waals surface area contributed by atoms with Crippen molar-refractivity contribution in [3.8, 4) is 11.5 Å². The highest BCUT2D eigenvalue weighted by molar-refractivity contribution is 5.84. The fraction of sp³-hybridized carbons (Fsp3) is 0.324. The molecule has 1 unspecified atom stereocenters. The lowest BCUT2D eigenvalue weighted by Gasteiger charge is -2.22. The lowest BCUT2D eigenvalue weighted by Crippen LogP contribution is -2.43. The lowest BCUT2D eigenvalue weighted by molar-refractivity contribution is -0.123. The SMILES string of the molecule is COc1ccc(Cn2c(CCc3ccccc3)nnc2[C@@H](Cc2c[nH]c3ccccc23)NC(=O)C2CCCN2)c(OC)c1. The van der Waals surface area contributed by atoms with E-state index in [1.165, 1.54) is 5.56 Å². The van der Waals surface area contributed by atoms with Crippen LogP contribution in [0.2, 0.25) is 0 Å². The molecule has 2 atom stereocenters. The molecule has 0 radical (unpaired) electrons. The minimum Gasteiger partial charge on any atom is -0.497 e. The molecule has 5 aromatic rings. The molecule has 1 aliphatic rings. The first-order chi connectivity index (χ1) is 21.1. The topological polar surface area (TPSA) is 106 Å². The Morgan fingerprint density at radius 3 is 2.63 bits per heavy atom. The Labute approximate surface area is 251 Å². The largest absolute Gasteiger partial charge is 0.497 e. The molecule has 6 rings (SSSR count). The van der Waals surface area contributed by atoms with Gasteiger partial charge in [-0.25, -0.2) is 0 Å². The lowest BCUT2D eigenvalue weighted by atomic mass is 10.0. The van der Waals surface area contributed by atoms with Crippen molar-refractivity contribution in [3.05, 3.63) is 107 Å². The van der Waals surface area contributed by atoms with Crippen LogP contribution in [0.25, 0.3) is 10.9 Å². The van der Waals surface area contributed by atoms with Gasteiger partial charge in [0.15, 0.2) is 5.82 Å². The number of para-hydroxylation sites is 1. The molecule has 0 aliphatic carbocycles. The van der Waals surface area contributed by atoms with Crippen LogP contribution in [0.5, 0.6) is 11.5 Å². The van der Waals surface area contributed by atoms with Crippen molar-refractivity contribution in [3.63, 3.8) is 0 Å². The Morgan fingerprint density at radius 1 is 1.00 bits per heavy atom. The summed E-state index contributed by atoms with van der Waals surface area (Å²) >= 11 is 0. The molecule has 3 aromatic carbocycles. The van der Waals surface area contributed by atoms with E-state index in [1.54, 1.807) is 14.2 Å². The zero-order valence-corrected chi connectivity index (χ0v) is 24.7. The van der Waals surface area contributed by atoms with E-state index in [2.05, 4.69) is 56.6 Å². The number of benzene rings is 3. The smallest absolute Gasteiger partial charge is 0.237 e. The first kappa shape index (κ1) is 28.5. The summed E-state index contributed by atoms with van der Waals surface area (Å²) < 4.78 is 13.3. The molecule has 1 fully saturated rings. The fourth-order valence-electron chi connectivity index (χ4n) is 5.93. The average Bonchev–Trinajstić information content (AvgIpc) is 3.82. The third kappa shape index (κ3) is 6.41. The van der Waals surface area contributed by atoms with Gasteiger partial charge >= 0.3 is 0 Å². The van der Waals surface area contributed by atoms with E-state index >= 15 is 0 Å². The Bertz CT molecular complexity index is 1670. The number of methoxy groups -OCH3 is 2. The number of rotatable bonds is 12. The number of carbonyl (C=O) groups is 1. The number of nitrogens with zero attached hydrogens (tertiary/aromatic N) is 3. The van der Waals surface area contributed by atoms with Crippen molar-refractivity contribution < 1.29 is 14.3 Å². The number of aryl methyl sites for hydroxylation is 2. The third-order valence-electron chi connectivity index (χ3n) is 8.26. The number of ether oxygens (including phenoxy) is 2. The number of aromatic nitrogens is 4. The van der Waals surface area contributed by atoms with Gasteiger partial charge in [-0.3, -0.25) is 4.79 Å². The van der Waals surface area contributed by atoms with Crippen LogP contribution in [0.15, 0.2) is 79.0 Å². The molecule has 43 heavy (non-hydrogen) atoms. The Balaban J connectivity index is 1.39. The summed E-state index contributed by atoms with van der Waals surface area (Å²) in [6.45, 7) is 1.34. The number of amides is 1. The van der Waals surface area contributed by atoms with Crippen LogP contribution in [0, 0.1) is 0 Å². The van der Waals surface area contributed by atoms with Gasteiger partial charge in [0.2, 0.25) is 5.91 Å². The van der Waals surface area contributed by atoms with Crippen LogP contribution in [0.3, 0.4) is 0 Å². The van der Waals surface area contributed by atoms with Crippen molar-refractivity contribution in [2.45, 2.75) is 50.7 Å². The molecule has 3 N–H and O–H groups in total. The van der Waals surface area contributed by atoms with Gasteiger partial charge in [-0.05, 0) is 55.1 Å². The molecule has 1 saturated heterocycles. The summed E-state index contributed by atoms with van der Waals surface area (Å²) in [5, 5.41) is 17.3. The minimum absolute atomic E-state index is 0.00949. The molecule has 1 amide bonds. The predicted octanol–water partition coefficient (Wildman–Crippen LogP) is 4.76. The quantitative estimate of drug-likeness (QED) is 0.197. The zero-order chi connectivity index (χ0) is 29.6. The van der Waals surface area contributed by atoms with Crippen LogP contribution >= 0.6 is 0 Å². The minimum atomic E-state index is -0.392. The fourth-order valence-corrected chi connectivity index (χ4v) is 5.93.